The van der Waals surface area contributed by atoms with Crippen molar-refractivity contribution < 1.29 is 9.59 Å². The molecular weight excluding hydrogens is 342 g/mol. The lowest BCUT2D eigenvalue weighted by Crippen LogP contribution is -2.39. The zero-order chi connectivity index (χ0) is 19.6. The number of carbonyl (C=O) groups excluding carboxylic acids is 2. The van der Waals surface area contributed by atoms with E-state index in [1.54, 1.807) is 19.0 Å². The maximum atomic E-state index is 12.1. The third-order valence-electron chi connectivity index (χ3n) is 4.46. The van der Waals surface area contributed by atoms with Crippen LogP contribution in [0.15, 0.2) is 29.3 Å². The van der Waals surface area contributed by atoms with Gasteiger partial charge in [0.25, 0.3) is 5.91 Å². The first-order valence-electron chi connectivity index (χ1n) is 9.61. The number of carbonyl (C=O) groups is 2. The van der Waals surface area contributed by atoms with Crippen LogP contribution in [0.5, 0.6) is 0 Å². The third kappa shape index (κ3) is 6.58. The number of amides is 2. The first kappa shape index (κ1) is 20.7. The van der Waals surface area contributed by atoms with E-state index >= 15 is 0 Å². The predicted molar refractivity (Wildman–Crippen MR) is 108 cm³/mol. The second kappa shape index (κ2) is 10.5. The molecule has 1 fully saturated rings. The summed E-state index contributed by atoms with van der Waals surface area (Å²) < 4.78 is 0. The Labute approximate surface area is 161 Å². The highest BCUT2D eigenvalue weighted by Crippen LogP contribution is 2.08. The van der Waals surface area contributed by atoms with E-state index in [-0.39, 0.29) is 18.4 Å². The maximum Gasteiger partial charge on any atom is 0.253 e. The van der Waals surface area contributed by atoms with E-state index in [0.29, 0.717) is 18.1 Å². The molecule has 1 aromatic carbocycles. The lowest BCUT2D eigenvalue weighted by molar-refractivity contribution is -0.128. The van der Waals surface area contributed by atoms with Crippen LogP contribution in [0, 0.1) is 0 Å². The first-order valence-corrected chi connectivity index (χ1v) is 9.61. The number of guanidine groups is 1. The minimum atomic E-state index is 0.000125. The Morgan fingerprint density at radius 2 is 1.93 bits per heavy atom. The predicted octanol–water partition coefficient (Wildman–Crippen LogP) is 1.11. The lowest BCUT2D eigenvalue weighted by Gasteiger charge is -2.15. The van der Waals surface area contributed by atoms with Crippen LogP contribution in [0.25, 0.3) is 0 Å². The van der Waals surface area contributed by atoms with Crippen molar-refractivity contribution in [3.05, 3.63) is 35.4 Å². The fourth-order valence-electron chi connectivity index (χ4n) is 3.00. The molecule has 0 aromatic heterocycles. The molecule has 2 N–H and O–H groups in total. The van der Waals surface area contributed by atoms with E-state index < -0.39 is 0 Å². The molecule has 7 nitrogen and oxygen atoms in total. The fraction of sp³-hybridized carbons (Fsp3) is 0.550. The van der Waals surface area contributed by atoms with Crippen LogP contribution >= 0.6 is 0 Å². The largest absolute Gasteiger partial charge is 0.357 e. The molecule has 0 unspecified atom stereocenters. The van der Waals surface area contributed by atoms with E-state index in [4.69, 9.17) is 0 Å². The number of likely N-dealkylation sites (tertiary alicyclic amines) is 1. The van der Waals surface area contributed by atoms with E-state index in [9.17, 15) is 9.59 Å². The van der Waals surface area contributed by atoms with Gasteiger partial charge in [0.15, 0.2) is 5.96 Å². The van der Waals surface area contributed by atoms with Gasteiger partial charge in [-0.2, -0.15) is 0 Å². The van der Waals surface area contributed by atoms with Crippen molar-refractivity contribution in [2.75, 3.05) is 46.8 Å². The zero-order valence-corrected chi connectivity index (χ0v) is 16.6. The Bertz CT molecular complexity index is 666. The third-order valence-corrected chi connectivity index (χ3v) is 4.46. The van der Waals surface area contributed by atoms with Gasteiger partial charge in [-0.25, -0.2) is 4.99 Å². The van der Waals surface area contributed by atoms with E-state index in [1.165, 1.54) is 0 Å². The van der Waals surface area contributed by atoms with Gasteiger partial charge in [-0.15, -0.1) is 0 Å². The monoisotopic (exact) mass is 373 g/mol. The Balaban J connectivity index is 1.86. The summed E-state index contributed by atoms with van der Waals surface area (Å²) in [6.07, 6.45) is 2.94. The zero-order valence-electron chi connectivity index (χ0n) is 16.6. The van der Waals surface area contributed by atoms with Crippen LogP contribution < -0.4 is 10.6 Å². The summed E-state index contributed by atoms with van der Waals surface area (Å²) in [6.45, 7) is 5.26. The Morgan fingerprint density at radius 3 is 2.59 bits per heavy atom. The molecule has 1 saturated heterocycles. The summed E-state index contributed by atoms with van der Waals surface area (Å²) in [5, 5.41) is 6.43. The van der Waals surface area contributed by atoms with E-state index in [2.05, 4.69) is 15.6 Å². The highest BCUT2D eigenvalue weighted by molar-refractivity contribution is 5.94. The normalized spacial score (nSPS) is 14.2. The number of nitrogens with zero attached hydrogens (tertiary/aromatic N) is 3. The second-order valence-electron chi connectivity index (χ2n) is 6.86. The van der Waals surface area contributed by atoms with Crippen LogP contribution in [0.3, 0.4) is 0 Å². The number of hydrogen-bond donors (Lipinski definition) is 2. The molecule has 1 aliphatic heterocycles. The van der Waals surface area contributed by atoms with Crippen molar-refractivity contribution >= 4 is 17.8 Å². The molecule has 1 heterocycles. The molecule has 0 atom stereocenters. The SMILES string of the molecule is CCNC(=NCC(=O)N1CCCC1)NCCc1cccc(C(=O)N(C)C)c1. The topological polar surface area (TPSA) is 77.0 Å². The molecule has 0 aliphatic carbocycles. The summed E-state index contributed by atoms with van der Waals surface area (Å²) in [5.74, 6) is 0.727. The molecular formula is C20H31N5O2. The Kier molecular flexibility index (Phi) is 8.10. The maximum absolute atomic E-state index is 12.1. The number of rotatable bonds is 7. The van der Waals surface area contributed by atoms with Crippen molar-refractivity contribution in [3.63, 3.8) is 0 Å². The van der Waals surface area contributed by atoms with Crippen molar-refractivity contribution in [2.45, 2.75) is 26.2 Å². The average molecular weight is 374 g/mol. The average Bonchev–Trinajstić information content (AvgIpc) is 3.20. The molecule has 148 valence electrons. The number of hydrogen-bond acceptors (Lipinski definition) is 3. The van der Waals surface area contributed by atoms with E-state index in [1.807, 2.05) is 36.1 Å². The summed E-state index contributed by atoms with van der Waals surface area (Å²) >= 11 is 0. The van der Waals surface area contributed by atoms with Gasteiger partial charge in [0.05, 0.1) is 0 Å². The lowest BCUT2D eigenvalue weighted by atomic mass is 10.1. The highest BCUT2D eigenvalue weighted by atomic mass is 16.2. The van der Waals surface area contributed by atoms with Crippen LogP contribution in [-0.4, -0.2) is 74.4 Å². The standard InChI is InChI=1S/C20H31N5O2/c1-4-21-20(23-15-18(26)25-12-5-6-13-25)22-11-10-16-8-7-9-17(14-16)19(27)24(2)3/h7-9,14H,4-6,10-13,15H2,1-3H3,(H2,21,22,23). The summed E-state index contributed by atoms with van der Waals surface area (Å²) in [4.78, 5) is 32.1. The van der Waals surface area contributed by atoms with Crippen LogP contribution in [-0.2, 0) is 11.2 Å². The molecule has 1 aliphatic rings. The molecule has 0 spiro atoms. The number of aliphatic imine (C=N–C) groups is 1. The van der Waals surface area contributed by atoms with Gasteiger partial charge in [0, 0.05) is 45.8 Å². The van der Waals surface area contributed by atoms with Crippen molar-refractivity contribution in [1.82, 2.24) is 20.4 Å². The number of benzene rings is 1. The van der Waals surface area contributed by atoms with Crippen molar-refractivity contribution in [1.29, 1.82) is 0 Å². The van der Waals surface area contributed by atoms with Crippen LogP contribution in [0.4, 0.5) is 0 Å². The second-order valence-corrected chi connectivity index (χ2v) is 6.86. The van der Waals surface area contributed by atoms with Gasteiger partial charge < -0.3 is 20.4 Å². The minimum Gasteiger partial charge on any atom is -0.357 e. The summed E-state index contributed by atoms with van der Waals surface area (Å²) in [7, 11) is 3.50. The van der Waals surface area contributed by atoms with Gasteiger partial charge >= 0.3 is 0 Å². The van der Waals surface area contributed by atoms with Gasteiger partial charge in [-0.05, 0) is 43.9 Å². The van der Waals surface area contributed by atoms with Gasteiger partial charge in [0.2, 0.25) is 5.91 Å². The molecule has 7 heteroatoms. The summed E-state index contributed by atoms with van der Waals surface area (Å²) in [5.41, 5.74) is 1.77. The van der Waals surface area contributed by atoms with Crippen molar-refractivity contribution in [3.8, 4) is 0 Å². The molecule has 0 bridgehead atoms. The Hall–Kier alpha value is -2.57. The smallest absolute Gasteiger partial charge is 0.253 e. The fourth-order valence-corrected chi connectivity index (χ4v) is 3.00. The van der Waals surface area contributed by atoms with Gasteiger partial charge in [0.1, 0.15) is 6.54 Å². The first-order chi connectivity index (χ1) is 13.0. The highest BCUT2D eigenvalue weighted by Gasteiger charge is 2.17. The van der Waals surface area contributed by atoms with E-state index in [0.717, 1.165) is 44.5 Å². The van der Waals surface area contributed by atoms with Crippen LogP contribution in [0.2, 0.25) is 0 Å². The molecule has 2 rings (SSSR count). The van der Waals surface area contributed by atoms with Crippen LogP contribution in [0.1, 0.15) is 35.7 Å². The molecule has 0 radical (unpaired) electrons. The van der Waals surface area contributed by atoms with Crippen molar-refractivity contribution in [2.24, 2.45) is 4.99 Å². The molecule has 1 aromatic rings. The number of nitrogens with one attached hydrogen (secondary N) is 2. The quantitative estimate of drug-likeness (QED) is 0.554. The minimum absolute atomic E-state index is 0.000125. The molecule has 27 heavy (non-hydrogen) atoms. The van der Waals surface area contributed by atoms with Gasteiger partial charge in [-0.3, -0.25) is 9.59 Å². The molecule has 2 amide bonds. The van der Waals surface area contributed by atoms with Gasteiger partial charge in [-0.1, -0.05) is 12.1 Å². The summed E-state index contributed by atoms with van der Waals surface area (Å²) in [6, 6.07) is 7.66. The molecule has 0 saturated carbocycles. The Morgan fingerprint density at radius 1 is 1.19 bits per heavy atom.